The van der Waals surface area contributed by atoms with E-state index >= 15 is 0 Å². The first-order chi connectivity index (χ1) is 6.70. The van der Waals surface area contributed by atoms with Crippen molar-refractivity contribution in [3.8, 4) is 0 Å². The lowest BCUT2D eigenvalue weighted by atomic mass is 10.2. The molecule has 0 aliphatic rings. The van der Waals surface area contributed by atoms with E-state index in [1.54, 1.807) is 0 Å². The zero-order chi connectivity index (χ0) is 10.8. The molecule has 1 N–H and O–H groups in total. The molecular weight excluding hydrogens is 178 g/mol. The van der Waals surface area contributed by atoms with Gasteiger partial charge in [-0.05, 0) is 33.7 Å². The van der Waals surface area contributed by atoms with Crippen molar-refractivity contribution in [3.05, 3.63) is 0 Å². The number of likely N-dealkylation sites (N-methyl/N-ethyl adjacent to an activating group) is 1. The van der Waals surface area contributed by atoms with Gasteiger partial charge in [0, 0.05) is 19.3 Å². The van der Waals surface area contributed by atoms with Crippen molar-refractivity contribution in [2.75, 3.05) is 26.9 Å². The van der Waals surface area contributed by atoms with Crippen LogP contribution < -0.4 is 5.32 Å². The summed E-state index contributed by atoms with van der Waals surface area (Å²) in [6.07, 6.45) is 2.41. The van der Waals surface area contributed by atoms with Crippen LogP contribution in [0, 0.1) is 0 Å². The van der Waals surface area contributed by atoms with Gasteiger partial charge in [0.15, 0.2) is 0 Å². The lowest BCUT2D eigenvalue weighted by molar-refractivity contribution is 0.0500. The van der Waals surface area contributed by atoms with Gasteiger partial charge in [0.25, 0.3) is 0 Å². The molecule has 3 nitrogen and oxygen atoms in total. The van der Waals surface area contributed by atoms with Crippen LogP contribution in [0.5, 0.6) is 0 Å². The van der Waals surface area contributed by atoms with Crippen molar-refractivity contribution >= 4 is 0 Å². The van der Waals surface area contributed by atoms with E-state index in [1.165, 1.54) is 0 Å². The lowest BCUT2D eigenvalue weighted by Gasteiger charge is -2.17. The van der Waals surface area contributed by atoms with Crippen LogP contribution in [0.4, 0.5) is 0 Å². The van der Waals surface area contributed by atoms with Crippen LogP contribution >= 0.6 is 0 Å². The summed E-state index contributed by atoms with van der Waals surface area (Å²) in [4.78, 5) is 0. The predicted octanol–water partition coefficient (Wildman–Crippen LogP) is 1.82. The van der Waals surface area contributed by atoms with Gasteiger partial charge in [0.05, 0.1) is 12.7 Å². The summed E-state index contributed by atoms with van der Waals surface area (Å²) in [7, 11) is 1.97. The number of rotatable bonds is 9. The summed E-state index contributed by atoms with van der Waals surface area (Å²) in [5.41, 5.74) is 0. The summed E-state index contributed by atoms with van der Waals surface area (Å²) in [5, 5.41) is 3.23. The quantitative estimate of drug-likeness (QED) is 0.580. The molecule has 0 saturated carbocycles. The largest absolute Gasteiger partial charge is 0.381 e. The molecule has 0 heterocycles. The molecule has 0 bridgehead atoms. The number of hydrogen-bond acceptors (Lipinski definition) is 3. The average Bonchev–Trinajstić information content (AvgIpc) is 2.16. The highest BCUT2D eigenvalue weighted by molar-refractivity contribution is 4.63. The van der Waals surface area contributed by atoms with E-state index in [0.717, 1.165) is 32.7 Å². The normalized spacial score (nSPS) is 13.5. The van der Waals surface area contributed by atoms with Crippen molar-refractivity contribution in [1.82, 2.24) is 5.32 Å². The smallest absolute Gasteiger partial charge is 0.0623 e. The van der Waals surface area contributed by atoms with Crippen LogP contribution in [0.3, 0.4) is 0 Å². The summed E-state index contributed by atoms with van der Waals surface area (Å²) < 4.78 is 11.0. The molecule has 0 fully saturated rings. The maximum absolute atomic E-state index is 5.53. The highest BCUT2D eigenvalue weighted by Crippen LogP contribution is 1.97. The minimum absolute atomic E-state index is 0.308. The standard InChI is InChI=1S/C11H25NO2/c1-5-7-13-8-6-11(12-4)9-14-10(2)3/h10-12H,5-9H2,1-4H3. The zero-order valence-corrected chi connectivity index (χ0v) is 10.0. The summed E-state index contributed by atoms with van der Waals surface area (Å²) in [5.74, 6) is 0. The van der Waals surface area contributed by atoms with Crippen LogP contribution in [-0.2, 0) is 9.47 Å². The van der Waals surface area contributed by atoms with Crippen molar-refractivity contribution < 1.29 is 9.47 Å². The summed E-state index contributed by atoms with van der Waals surface area (Å²) >= 11 is 0. The van der Waals surface area contributed by atoms with Gasteiger partial charge in [-0.1, -0.05) is 6.92 Å². The molecule has 0 amide bonds. The molecule has 0 saturated heterocycles. The van der Waals surface area contributed by atoms with Crippen molar-refractivity contribution in [1.29, 1.82) is 0 Å². The van der Waals surface area contributed by atoms with Crippen LogP contribution in [-0.4, -0.2) is 39.0 Å². The van der Waals surface area contributed by atoms with E-state index in [4.69, 9.17) is 9.47 Å². The highest BCUT2D eigenvalue weighted by atomic mass is 16.5. The maximum Gasteiger partial charge on any atom is 0.0623 e. The minimum Gasteiger partial charge on any atom is -0.381 e. The molecule has 86 valence electrons. The van der Waals surface area contributed by atoms with Crippen LogP contribution in [0.1, 0.15) is 33.6 Å². The first-order valence-electron chi connectivity index (χ1n) is 5.57. The molecule has 0 spiro atoms. The topological polar surface area (TPSA) is 30.5 Å². The van der Waals surface area contributed by atoms with Crippen LogP contribution in [0.15, 0.2) is 0 Å². The van der Waals surface area contributed by atoms with E-state index in [0.29, 0.717) is 12.1 Å². The Bertz CT molecular complexity index is 118. The Hall–Kier alpha value is -0.120. The molecule has 3 heteroatoms. The van der Waals surface area contributed by atoms with Crippen LogP contribution in [0.25, 0.3) is 0 Å². The first-order valence-corrected chi connectivity index (χ1v) is 5.57. The molecule has 0 radical (unpaired) electrons. The Labute approximate surface area is 88.2 Å². The highest BCUT2D eigenvalue weighted by Gasteiger charge is 2.06. The fraction of sp³-hybridized carbons (Fsp3) is 1.00. The summed E-state index contributed by atoms with van der Waals surface area (Å²) in [6, 6.07) is 0.411. The lowest BCUT2D eigenvalue weighted by Crippen LogP contribution is -2.32. The van der Waals surface area contributed by atoms with Gasteiger partial charge in [-0.15, -0.1) is 0 Å². The van der Waals surface area contributed by atoms with Gasteiger partial charge in [-0.25, -0.2) is 0 Å². The number of ether oxygens (including phenoxy) is 2. The summed E-state index contributed by atoms with van der Waals surface area (Å²) in [6.45, 7) is 8.68. The van der Waals surface area contributed by atoms with E-state index in [-0.39, 0.29) is 0 Å². The van der Waals surface area contributed by atoms with Gasteiger partial charge in [0.1, 0.15) is 0 Å². The SMILES string of the molecule is CCCOCCC(COC(C)C)NC. The molecule has 14 heavy (non-hydrogen) atoms. The number of hydrogen-bond donors (Lipinski definition) is 1. The number of nitrogens with one attached hydrogen (secondary N) is 1. The van der Waals surface area contributed by atoms with E-state index in [9.17, 15) is 0 Å². The van der Waals surface area contributed by atoms with Gasteiger partial charge >= 0.3 is 0 Å². The molecule has 1 atom stereocenters. The molecule has 0 aromatic rings. The predicted molar refractivity (Wildman–Crippen MR) is 59.7 cm³/mol. The average molecular weight is 203 g/mol. The second-order valence-corrected chi connectivity index (χ2v) is 3.77. The molecule has 1 unspecified atom stereocenters. The third-order valence-corrected chi connectivity index (χ3v) is 2.00. The molecular formula is C11H25NO2. The second-order valence-electron chi connectivity index (χ2n) is 3.77. The van der Waals surface area contributed by atoms with Crippen molar-refractivity contribution in [3.63, 3.8) is 0 Å². The monoisotopic (exact) mass is 203 g/mol. The van der Waals surface area contributed by atoms with E-state index in [1.807, 2.05) is 7.05 Å². The fourth-order valence-electron chi connectivity index (χ4n) is 1.09. The van der Waals surface area contributed by atoms with Gasteiger partial charge in [0.2, 0.25) is 0 Å². The molecule has 0 rings (SSSR count). The van der Waals surface area contributed by atoms with Gasteiger partial charge in [-0.2, -0.15) is 0 Å². The Kier molecular flexibility index (Phi) is 9.35. The molecule has 0 aliphatic heterocycles. The molecule has 0 aromatic carbocycles. The van der Waals surface area contributed by atoms with Gasteiger partial charge < -0.3 is 14.8 Å². The Morgan fingerprint density at radius 2 is 1.93 bits per heavy atom. The van der Waals surface area contributed by atoms with E-state index < -0.39 is 0 Å². The zero-order valence-electron chi connectivity index (χ0n) is 10.0. The van der Waals surface area contributed by atoms with Crippen molar-refractivity contribution in [2.45, 2.75) is 45.8 Å². The van der Waals surface area contributed by atoms with Crippen molar-refractivity contribution in [2.24, 2.45) is 0 Å². The second kappa shape index (κ2) is 9.44. The molecule has 0 aliphatic carbocycles. The third-order valence-electron chi connectivity index (χ3n) is 2.00. The maximum atomic E-state index is 5.53. The fourth-order valence-corrected chi connectivity index (χ4v) is 1.09. The van der Waals surface area contributed by atoms with Gasteiger partial charge in [-0.3, -0.25) is 0 Å². The Morgan fingerprint density at radius 3 is 2.43 bits per heavy atom. The Balaban J connectivity index is 3.38. The first kappa shape index (κ1) is 13.9. The Morgan fingerprint density at radius 1 is 1.21 bits per heavy atom. The third kappa shape index (κ3) is 8.48. The molecule has 0 aromatic heterocycles. The van der Waals surface area contributed by atoms with E-state index in [2.05, 4.69) is 26.1 Å². The van der Waals surface area contributed by atoms with Crippen LogP contribution in [0.2, 0.25) is 0 Å². The minimum atomic E-state index is 0.308.